The van der Waals surface area contributed by atoms with Gasteiger partial charge in [0.25, 0.3) is 0 Å². The molecule has 0 atom stereocenters. The summed E-state index contributed by atoms with van der Waals surface area (Å²) in [6, 6.07) is 20.4. The van der Waals surface area contributed by atoms with E-state index in [4.69, 9.17) is 0 Å². The van der Waals surface area contributed by atoms with Gasteiger partial charge in [0.15, 0.2) is 0 Å². The molecule has 0 spiro atoms. The van der Waals surface area contributed by atoms with Crippen LogP contribution in [0.4, 0.5) is 0 Å². The maximum absolute atomic E-state index is 11.8. The zero-order valence-corrected chi connectivity index (χ0v) is 20.5. The van der Waals surface area contributed by atoms with E-state index in [1.807, 2.05) is 62.4 Å². The Balaban J connectivity index is 1.75. The number of hydrogen-bond acceptors (Lipinski definition) is 2. The van der Waals surface area contributed by atoms with E-state index in [1.54, 1.807) is 0 Å². The number of nitrogens with zero attached hydrogens (tertiary/aromatic N) is 2. The van der Waals surface area contributed by atoms with E-state index in [9.17, 15) is 10.2 Å². The van der Waals surface area contributed by atoms with Crippen LogP contribution in [0.25, 0.3) is 54.7 Å². The Kier molecular flexibility index (Phi) is 4.94. The van der Waals surface area contributed by atoms with Crippen LogP contribution in [0, 0.1) is 13.8 Å². The van der Waals surface area contributed by atoms with Crippen LogP contribution in [0.2, 0.25) is 0 Å². The molecule has 0 amide bonds. The average molecular weight is 473 g/mol. The van der Waals surface area contributed by atoms with Crippen molar-refractivity contribution in [3.63, 3.8) is 0 Å². The van der Waals surface area contributed by atoms with Crippen molar-refractivity contribution in [3.8, 4) is 22.6 Å². The second-order valence-corrected chi connectivity index (χ2v) is 9.46. The van der Waals surface area contributed by atoms with Gasteiger partial charge in [0.05, 0.1) is 11.0 Å². The van der Waals surface area contributed by atoms with E-state index in [0.717, 1.165) is 54.7 Å². The van der Waals surface area contributed by atoms with Gasteiger partial charge in [-0.2, -0.15) is 0 Å². The van der Waals surface area contributed by atoms with Gasteiger partial charge in [0.1, 0.15) is 11.5 Å². The summed E-state index contributed by atoms with van der Waals surface area (Å²) in [6.45, 7) is 13.1. The van der Waals surface area contributed by atoms with E-state index in [0.29, 0.717) is 24.2 Å². The maximum atomic E-state index is 11.8. The van der Waals surface area contributed by atoms with Crippen molar-refractivity contribution >= 4 is 43.6 Å². The van der Waals surface area contributed by atoms with E-state index in [-0.39, 0.29) is 11.5 Å². The lowest BCUT2D eigenvalue weighted by Crippen LogP contribution is -1.97. The fraction of sp³-hybridized carbons (Fsp3) is 0.125. The molecule has 0 aliphatic heterocycles. The Morgan fingerprint density at radius 1 is 0.639 bits per heavy atom. The first-order valence-corrected chi connectivity index (χ1v) is 12.2. The van der Waals surface area contributed by atoms with Gasteiger partial charge >= 0.3 is 0 Å². The highest BCUT2D eigenvalue weighted by molar-refractivity contribution is 6.17. The smallest absolute Gasteiger partial charge is 0.133 e. The van der Waals surface area contributed by atoms with E-state index >= 15 is 0 Å². The lowest BCUT2D eigenvalue weighted by atomic mass is 9.91. The van der Waals surface area contributed by atoms with Gasteiger partial charge in [-0.15, -0.1) is 13.2 Å². The first-order chi connectivity index (χ1) is 17.5. The van der Waals surface area contributed by atoms with Crippen LogP contribution in [0.15, 0.2) is 86.0 Å². The summed E-state index contributed by atoms with van der Waals surface area (Å²) in [7, 11) is 0. The molecule has 4 nitrogen and oxygen atoms in total. The van der Waals surface area contributed by atoms with Crippen molar-refractivity contribution in [3.05, 3.63) is 97.1 Å². The molecule has 2 aromatic heterocycles. The Labute approximate surface area is 209 Å². The number of para-hydroxylation sites is 2. The van der Waals surface area contributed by atoms with Crippen LogP contribution in [0.5, 0.6) is 11.5 Å². The van der Waals surface area contributed by atoms with Crippen molar-refractivity contribution in [2.75, 3.05) is 0 Å². The number of fused-ring (bicyclic) bond motifs is 6. The van der Waals surface area contributed by atoms with E-state index in [2.05, 4.69) is 46.6 Å². The fourth-order valence-corrected chi connectivity index (χ4v) is 5.90. The SMILES string of the molecule is C=CCn1c2ccccc2c2c(O)c(-c3c(C)cc4c(c3O)c3ccccc3n4CC=C)c(C)cc21. The van der Waals surface area contributed by atoms with Crippen LogP contribution >= 0.6 is 0 Å². The molecule has 0 unspecified atom stereocenters. The third-order valence-electron chi connectivity index (χ3n) is 7.34. The number of rotatable bonds is 5. The number of benzene rings is 4. The van der Waals surface area contributed by atoms with Gasteiger partial charge in [-0.05, 0) is 49.2 Å². The Hall–Kier alpha value is -4.44. The largest absolute Gasteiger partial charge is 0.507 e. The summed E-state index contributed by atoms with van der Waals surface area (Å²) in [5, 5.41) is 27.2. The molecule has 6 aromatic rings. The number of aromatic hydroxyl groups is 2. The number of phenolic OH excluding ortho intramolecular Hbond substituents is 2. The number of aromatic nitrogens is 2. The number of hydrogen-bond donors (Lipinski definition) is 2. The topological polar surface area (TPSA) is 50.3 Å². The van der Waals surface area contributed by atoms with Gasteiger partial charge < -0.3 is 19.3 Å². The molecule has 0 saturated carbocycles. The molecule has 6 rings (SSSR count). The minimum Gasteiger partial charge on any atom is -0.507 e. The van der Waals surface area contributed by atoms with Gasteiger partial charge in [-0.25, -0.2) is 0 Å². The van der Waals surface area contributed by atoms with Crippen molar-refractivity contribution in [2.45, 2.75) is 26.9 Å². The molecular formula is C32H28N2O2. The number of allylic oxidation sites excluding steroid dienone is 2. The van der Waals surface area contributed by atoms with Crippen molar-refractivity contribution in [2.24, 2.45) is 0 Å². The van der Waals surface area contributed by atoms with Gasteiger partial charge in [0, 0.05) is 56.8 Å². The van der Waals surface area contributed by atoms with E-state index < -0.39 is 0 Å². The third kappa shape index (κ3) is 2.88. The highest BCUT2D eigenvalue weighted by Gasteiger charge is 2.25. The van der Waals surface area contributed by atoms with Crippen molar-refractivity contribution in [1.29, 1.82) is 0 Å². The quantitative estimate of drug-likeness (QED) is 0.250. The molecule has 2 N–H and O–H groups in total. The fourth-order valence-electron chi connectivity index (χ4n) is 5.90. The highest BCUT2D eigenvalue weighted by Crippen LogP contribution is 2.50. The molecule has 178 valence electrons. The van der Waals surface area contributed by atoms with Gasteiger partial charge in [-0.1, -0.05) is 48.6 Å². The van der Waals surface area contributed by atoms with Crippen LogP contribution in [-0.4, -0.2) is 19.3 Å². The second kappa shape index (κ2) is 8.06. The molecule has 0 saturated heterocycles. The zero-order valence-electron chi connectivity index (χ0n) is 20.5. The molecule has 4 aromatic carbocycles. The average Bonchev–Trinajstić information content (AvgIpc) is 3.34. The summed E-state index contributed by atoms with van der Waals surface area (Å²) < 4.78 is 4.35. The van der Waals surface area contributed by atoms with Crippen LogP contribution in [-0.2, 0) is 13.1 Å². The lowest BCUT2D eigenvalue weighted by Gasteiger charge is -2.17. The summed E-state index contributed by atoms with van der Waals surface area (Å²) in [6.07, 6.45) is 3.74. The Morgan fingerprint density at radius 2 is 1.03 bits per heavy atom. The van der Waals surface area contributed by atoms with Gasteiger partial charge in [-0.3, -0.25) is 0 Å². The van der Waals surface area contributed by atoms with Crippen molar-refractivity contribution < 1.29 is 10.2 Å². The minimum absolute atomic E-state index is 0.191. The molecule has 36 heavy (non-hydrogen) atoms. The standard InChI is InChI=1S/C32H28N2O2/c1-5-15-33-23-13-9-7-11-21(23)29-25(33)17-19(3)27(31(29)35)28-20(4)18-26-30(32(28)36)22-12-8-10-14-24(22)34(26)16-6-2/h5-14,17-18,35-36H,1-2,15-16H2,3-4H3. The Bertz CT molecular complexity index is 1730. The summed E-state index contributed by atoms with van der Waals surface area (Å²) in [5.74, 6) is 0.383. The molecule has 2 heterocycles. The zero-order chi connectivity index (χ0) is 25.1. The lowest BCUT2D eigenvalue weighted by molar-refractivity contribution is 0.475. The minimum atomic E-state index is 0.191. The van der Waals surface area contributed by atoms with E-state index in [1.165, 1.54) is 0 Å². The predicted molar refractivity (Wildman–Crippen MR) is 151 cm³/mol. The van der Waals surface area contributed by atoms with Crippen molar-refractivity contribution in [1.82, 2.24) is 9.13 Å². The number of aryl methyl sites for hydroxylation is 2. The molecule has 0 aliphatic rings. The molecule has 0 aliphatic carbocycles. The normalized spacial score (nSPS) is 11.7. The predicted octanol–water partition coefficient (Wildman–Crippen LogP) is 7.97. The molecular weight excluding hydrogens is 444 g/mol. The molecule has 0 fully saturated rings. The Morgan fingerprint density at radius 3 is 1.42 bits per heavy atom. The van der Waals surface area contributed by atoms with Crippen LogP contribution in [0.1, 0.15) is 11.1 Å². The van der Waals surface area contributed by atoms with Crippen LogP contribution < -0.4 is 0 Å². The summed E-state index contributed by atoms with van der Waals surface area (Å²) in [4.78, 5) is 0. The first kappa shape index (κ1) is 22.1. The summed E-state index contributed by atoms with van der Waals surface area (Å²) >= 11 is 0. The van der Waals surface area contributed by atoms with Gasteiger partial charge in [0.2, 0.25) is 0 Å². The molecule has 4 heteroatoms. The highest BCUT2D eigenvalue weighted by atomic mass is 16.3. The van der Waals surface area contributed by atoms with Crippen LogP contribution in [0.3, 0.4) is 0 Å². The molecule has 0 bridgehead atoms. The monoisotopic (exact) mass is 472 g/mol. The maximum Gasteiger partial charge on any atom is 0.133 e. The molecule has 0 radical (unpaired) electrons. The first-order valence-electron chi connectivity index (χ1n) is 12.2. The third-order valence-corrected chi connectivity index (χ3v) is 7.34. The summed E-state index contributed by atoms with van der Waals surface area (Å²) in [5.41, 5.74) is 7.14. The number of phenols is 2. The second-order valence-electron chi connectivity index (χ2n) is 9.46.